The second kappa shape index (κ2) is 13.7. The zero-order valence-electron chi connectivity index (χ0n) is 25.3. The Labute approximate surface area is 248 Å². The summed E-state index contributed by atoms with van der Waals surface area (Å²) in [4.78, 5) is 46.2. The molecule has 2 aliphatic heterocycles. The number of H-pyrrole nitrogens is 1. The SMILES string of the molecule is CC(C)CC1NC(=O)C(NC(=O)[C@H](Cc2c[nH]c3ccccc23)N(C)C)C(C(C)C)Oc2ccc(cc2)/C=C\NC1=O. The van der Waals surface area contributed by atoms with Gasteiger partial charge in [-0.2, -0.15) is 0 Å². The van der Waals surface area contributed by atoms with Crippen molar-refractivity contribution in [3.63, 3.8) is 0 Å². The molecule has 2 bridgehead atoms. The van der Waals surface area contributed by atoms with Crippen LogP contribution < -0.4 is 20.7 Å². The fourth-order valence-electron chi connectivity index (χ4n) is 5.25. The van der Waals surface area contributed by atoms with Gasteiger partial charge >= 0.3 is 0 Å². The molecule has 0 spiro atoms. The first-order valence-corrected chi connectivity index (χ1v) is 14.6. The van der Waals surface area contributed by atoms with Crippen molar-refractivity contribution in [2.45, 2.75) is 64.8 Å². The molecule has 3 heterocycles. The summed E-state index contributed by atoms with van der Waals surface area (Å²) in [7, 11) is 3.70. The Balaban J connectivity index is 1.68. The van der Waals surface area contributed by atoms with Gasteiger partial charge in [-0.3, -0.25) is 19.3 Å². The molecule has 9 nitrogen and oxygen atoms in total. The number of carbonyl (C=O) groups is 3. The average Bonchev–Trinajstić information content (AvgIpc) is 3.35. The molecule has 2 aliphatic rings. The maximum absolute atomic E-state index is 14.0. The minimum absolute atomic E-state index is 0.141. The van der Waals surface area contributed by atoms with Gasteiger partial charge in [-0.25, -0.2) is 0 Å². The van der Waals surface area contributed by atoms with Crippen molar-refractivity contribution in [3.8, 4) is 5.75 Å². The molecule has 4 atom stereocenters. The van der Waals surface area contributed by atoms with Crippen LogP contribution in [0.5, 0.6) is 5.75 Å². The molecule has 3 aromatic rings. The summed E-state index contributed by atoms with van der Waals surface area (Å²) < 4.78 is 6.39. The van der Waals surface area contributed by atoms with Crippen LogP contribution in [0.15, 0.2) is 60.9 Å². The van der Waals surface area contributed by atoms with Gasteiger partial charge in [0.2, 0.25) is 17.7 Å². The minimum Gasteiger partial charge on any atom is -0.487 e. The lowest BCUT2D eigenvalue weighted by Crippen LogP contribution is -2.62. The number of ether oxygens (including phenoxy) is 1. The Morgan fingerprint density at radius 1 is 1.00 bits per heavy atom. The van der Waals surface area contributed by atoms with Crippen molar-refractivity contribution in [3.05, 3.63) is 72.1 Å². The van der Waals surface area contributed by atoms with Gasteiger partial charge in [0.15, 0.2) is 0 Å². The van der Waals surface area contributed by atoms with Crippen LogP contribution in [0.4, 0.5) is 0 Å². The van der Waals surface area contributed by atoms with Crippen molar-refractivity contribution in [2.24, 2.45) is 11.8 Å². The van der Waals surface area contributed by atoms with Crippen LogP contribution in [0, 0.1) is 11.8 Å². The van der Waals surface area contributed by atoms with E-state index in [4.69, 9.17) is 4.74 Å². The van der Waals surface area contributed by atoms with Gasteiger partial charge in [-0.05, 0) is 74.2 Å². The zero-order chi connectivity index (χ0) is 30.4. The largest absolute Gasteiger partial charge is 0.487 e. The summed E-state index contributed by atoms with van der Waals surface area (Å²) in [6, 6.07) is 13.0. The Morgan fingerprint density at radius 2 is 1.71 bits per heavy atom. The van der Waals surface area contributed by atoms with E-state index in [0.717, 1.165) is 22.0 Å². The number of nitrogens with one attached hydrogen (secondary N) is 4. The van der Waals surface area contributed by atoms with E-state index < -0.39 is 30.1 Å². The van der Waals surface area contributed by atoms with E-state index >= 15 is 0 Å². The molecule has 0 fully saturated rings. The number of likely N-dealkylation sites (N-methyl/N-ethyl adjacent to an activating group) is 1. The predicted molar refractivity (Wildman–Crippen MR) is 166 cm³/mol. The number of hydrogen-bond donors (Lipinski definition) is 4. The minimum atomic E-state index is -1.05. The van der Waals surface area contributed by atoms with Crippen molar-refractivity contribution >= 4 is 34.7 Å². The maximum Gasteiger partial charge on any atom is 0.247 e. The number of rotatable bonds is 8. The lowest BCUT2D eigenvalue weighted by atomic mass is 9.96. The number of fused-ring (bicyclic) bond motifs is 11. The lowest BCUT2D eigenvalue weighted by molar-refractivity contribution is -0.136. The second-order valence-electron chi connectivity index (χ2n) is 12.0. The summed E-state index contributed by atoms with van der Waals surface area (Å²) in [6.07, 6.45) is 5.48. The Bertz CT molecular complexity index is 1410. The summed E-state index contributed by atoms with van der Waals surface area (Å²) >= 11 is 0. The van der Waals surface area contributed by atoms with Crippen molar-refractivity contribution in [2.75, 3.05) is 14.1 Å². The van der Waals surface area contributed by atoms with Gasteiger partial charge in [0.1, 0.15) is 23.9 Å². The van der Waals surface area contributed by atoms with E-state index in [1.165, 1.54) is 0 Å². The number of carbonyl (C=O) groups excluding carboxylic acids is 3. The number of para-hydroxylation sites is 1. The van der Waals surface area contributed by atoms with E-state index in [2.05, 4.69) is 20.9 Å². The van der Waals surface area contributed by atoms with Crippen LogP contribution in [0.2, 0.25) is 0 Å². The van der Waals surface area contributed by atoms with Crippen LogP contribution >= 0.6 is 0 Å². The number of amides is 3. The highest BCUT2D eigenvalue weighted by Gasteiger charge is 2.38. The number of aromatic nitrogens is 1. The predicted octanol–water partition coefficient (Wildman–Crippen LogP) is 3.86. The smallest absolute Gasteiger partial charge is 0.247 e. The van der Waals surface area contributed by atoms with Gasteiger partial charge in [0, 0.05) is 23.3 Å². The maximum atomic E-state index is 14.0. The molecule has 9 heteroatoms. The van der Waals surface area contributed by atoms with Crippen LogP contribution in [0.1, 0.15) is 45.2 Å². The topological polar surface area (TPSA) is 116 Å². The summed E-state index contributed by atoms with van der Waals surface area (Å²) in [5.41, 5.74) is 2.90. The quantitative estimate of drug-likeness (QED) is 0.327. The first kappa shape index (κ1) is 30.8. The van der Waals surface area contributed by atoms with Crippen LogP contribution in [0.25, 0.3) is 17.0 Å². The van der Waals surface area contributed by atoms with Gasteiger partial charge in [0.25, 0.3) is 0 Å². The third-order valence-electron chi connectivity index (χ3n) is 7.57. The number of aromatic amines is 1. The highest BCUT2D eigenvalue weighted by molar-refractivity contribution is 5.94. The highest BCUT2D eigenvalue weighted by Crippen LogP contribution is 2.23. The van der Waals surface area contributed by atoms with Gasteiger partial charge in [-0.15, -0.1) is 0 Å². The number of nitrogens with zero attached hydrogens (tertiary/aromatic N) is 1. The van der Waals surface area contributed by atoms with Gasteiger partial charge < -0.3 is 25.7 Å². The van der Waals surface area contributed by atoms with Crippen LogP contribution in [-0.4, -0.2) is 65.9 Å². The number of hydrogen-bond acceptors (Lipinski definition) is 5. The van der Waals surface area contributed by atoms with Crippen molar-refractivity contribution in [1.29, 1.82) is 0 Å². The summed E-state index contributed by atoms with van der Waals surface area (Å²) in [6.45, 7) is 7.89. The summed E-state index contributed by atoms with van der Waals surface area (Å²) in [5.74, 6) is -0.498. The third kappa shape index (κ3) is 7.59. The molecular weight excluding hydrogens is 530 g/mol. The molecule has 42 heavy (non-hydrogen) atoms. The summed E-state index contributed by atoms with van der Waals surface area (Å²) in [5, 5.41) is 9.80. The molecule has 1 aromatic heterocycles. The van der Waals surface area contributed by atoms with Crippen molar-refractivity contribution in [1.82, 2.24) is 25.8 Å². The zero-order valence-corrected chi connectivity index (χ0v) is 25.3. The normalized spacial score (nSPS) is 21.1. The highest BCUT2D eigenvalue weighted by atomic mass is 16.5. The first-order chi connectivity index (χ1) is 20.0. The van der Waals surface area contributed by atoms with Crippen LogP contribution in [-0.2, 0) is 20.8 Å². The van der Waals surface area contributed by atoms with E-state index in [0.29, 0.717) is 18.6 Å². The Hall–Kier alpha value is -4.11. The monoisotopic (exact) mass is 573 g/mol. The molecule has 5 rings (SSSR count). The third-order valence-corrected chi connectivity index (χ3v) is 7.57. The van der Waals surface area contributed by atoms with Gasteiger partial charge in [0.05, 0.1) is 6.04 Å². The molecule has 0 aliphatic carbocycles. The lowest BCUT2D eigenvalue weighted by Gasteiger charge is -2.34. The van der Waals surface area contributed by atoms with Gasteiger partial charge in [-0.1, -0.05) is 58.0 Å². The molecule has 3 amide bonds. The van der Waals surface area contributed by atoms with Crippen molar-refractivity contribution < 1.29 is 19.1 Å². The molecule has 2 aromatic carbocycles. The van der Waals surface area contributed by atoms with E-state index in [9.17, 15) is 14.4 Å². The Kier molecular flexibility index (Phi) is 10.1. The molecule has 0 saturated carbocycles. The van der Waals surface area contributed by atoms with E-state index in [1.54, 1.807) is 12.3 Å². The fraction of sp³-hybridized carbons (Fsp3) is 0.424. The standard InChI is InChI=1S/C33H43N5O4/c1-20(2)17-27-31(39)34-16-15-22-11-13-24(14-12-22)42-30(21(3)4)29(33(41)36-27)37-32(40)28(38(5)6)18-23-19-35-26-10-8-7-9-25(23)26/h7-16,19-21,27-30,35H,17-18H2,1-6H3,(H,34,39)(H,36,41)(H,37,40)/b16-15-/t27?,28-,29?,30?/m0/s1. The molecular formula is C33H43N5O4. The number of benzene rings is 2. The second-order valence-corrected chi connectivity index (χ2v) is 12.0. The molecule has 0 saturated heterocycles. The van der Waals surface area contributed by atoms with E-state index in [-0.39, 0.29) is 23.7 Å². The molecule has 224 valence electrons. The van der Waals surface area contributed by atoms with E-state index in [1.807, 2.05) is 101 Å². The Morgan fingerprint density at radius 3 is 2.38 bits per heavy atom. The molecule has 4 N–H and O–H groups in total. The fourth-order valence-corrected chi connectivity index (χ4v) is 5.25. The molecule has 3 unspecified atom stereocenters. The first-order valence-electron chi connectivity index (χ1n) is 14.6. The van der Waals surface area contributed by atoms with Crippen LogP contribution in [0.3, 0.4) is 0 Å². The molecule has 0 radical (unpaired) electrons. The average molecular weight is 574 g/mol.